The molecule has 0 radical (unpaired) electrons. The van der Waals surface area contributed by atoms with Crippen molar-refractivity contribution in [2.45, 2.75) is 32.6 Å². The summed E-state index contributed by atoms with van der Waals surface area (Å²) in [7, 11) is -3.79. The lowest BCUT2D eigenvalue weighted by atomic mass is 10.3. The fraction of sp³-hybridized carbons (Fsp3) is 0.818. The van der Waals surface area contributed by atoms with Gasteiger partial charge in [0, 0.05) is 12.8 Å². The average Bonchev–Trinajstić information content (AvgIpc) is 2.68. The molecular formula is C11H22N2O3S+2. The Morgan fingerprint density at radius 1 is 1.12 bits per heavy atom. The van der Waals surface area contributed by atoms with Gasteiger partial charge in [-0.15, -0.1) is 0 Å². The molecule has 0 amide bonds. The third kappa shape index (κ3) is 6.53. The normalized spacial score (nSPS) is 15.9. The summed E-state index contributed by atoms with van der Waals surface area (Å²) in [6.45, 7) is 4.99. The molecule has 17 heavy (non-hydrogen) atoms. The van der Waals surface area contributed by atoms with Crippen molar-refractivity contribution in [3.63, 3.8) is 0 Å². The van der Waals surface area contributed by atoms with E-state index in [-0.39, 0.29) is 5.75 Å². The van der Waals surface area contributed by atoms with Gasteiger partial charge in [0.2, 0.25) is 12.4 Å². The van der Waals surface area contributed by atoms with Crippen LogP contribution in [0.4, 0.5) is 0 Å². The highest BCUT2D eigenvalue weighted by Crippen LogP contribution is 1.97. The molecule has 0 aromatic heterocycles. The second-order valence-corrected chi connectivity index (χ2v) is 5.98. The summed E-state index contributed by atoms with van der Waals surface area (Å²) in [4.78, 5) is 0. The summed E-state index contributed by atoms with van der Waals surface area (Å²) in [6.07, 6.45) is 7.81. The second-order valence-electron chi connectivity index (χ2n) is 4.41. The molecule has 1 N–H and O–H groups in total. The van der Waals surface area contributed by atoms with Crippen LogP contribution >= 0.6 is 0 Å². The van der Waals surface area contributed by atoms with Crippen molar-refractivity contribution >= 4 is 22.5 Å². The van der Waals surface area contributed by atoms with Gasteiger partial charge in [-0.05, 0) is 6.42 Å². The zero-order valence-electron chi connectivity index (χ0n) is 10.4. The van der Waals surface area contributed by atoms with E-state index < -0.39 is 10.1 Å². The smallest absolute Gasteiger partial charge is 0.286 e. The summed E-state index contributed by atoms with van der Waals surface area (Å²) in [5, 5.41) is 0. The standard InChI is InChI=1S/C11H21N2O3S/c1-2-3-6-12-8-9-13(11-12)7-4-5-10-17(14,15)16/h8-9H,2-7,10-11H2,1H3/q+1/p+1. The van der Waals surface area contributed by atoms with Crippen molar-refractivity contribution < 1.29 is 22.1 Å². The Morgan fingerprint density at radius 3 is 2.24 bits per heavy atom. The zero-order valence-corrected chi connectivity index (χ0v) is 11.2. The van der Waals surface area contributed by atoms with Crippen LogP contribution in [-0.4, -0.2) is 60.1 Å². The van der Waals surface area contributed by atoms with Crippen molar-refractivity contribution in [1.82, 2.24) is 0 Å². The lowest BCUT2D eigenvalue weighted by molar-refractivity contribution is -0.711. The van der Waals surface area contributed by atoms with E-state index in [1.165, 1.54) is 12.8 Å². The number of hydrogen-bond acceptors (Lipinski definition) is 2. The van der Waals surface area contributed by atoms with Gasteiger partial charge in [-0.1, -0.05) is 13.3 Å². The van der Waals surface area contributed by atoms with Crippen LogP contribution in [0.5, 0.6) is 0 Å². The van der Waals surface area contributed by atoms with E-state index in [1.54, 1.807) is 0 Å². The minimum Gasteiger partial charge on any atom is -0.286 e. The summed E-state index contributed by atoms with van der Waals surface area (Å²) in [5.41, 5.74) is 0. The first-order chi connectivity index (χ1) is 8.01. The van der Waals surface area contributed by atoms with E-state index in [0.29, 0.717) is 6.42 Å². The highest BCUT2D eigenvalue weighted by atomic mass is 32.2. The predicted molar refractivity (Wildman–Crippen MR) is 67.8 cm³/mol. The predicted octanol–water partition coefficient (Wildman–Crippen LogP) is 0.592. The largest absolute Gasteiger partial charge is 0.334 e. The number of rotatable bonds is 8. The molecule has 0 unspecified atom stereocenters. The molecule has 0 spiro atoms. The minimum absolute atomic E-state index is 0.135. The summed E-state index contributed by atoms with van der Waals surface area (Å²) < 4.78 is 34.0. The van der Waals surface area contributed by atoms with Crippen LogP contribution in [0.25, 0.3) is 0 Å². The molecule has 98 valence electrons. The third-order valence-corrected chi connectivity index (χ3v) is 3.55. The molecule has 0 atom stereocenters. The van der Waals surface area contributed by atoms with Crippen molar-refractivity contribution in [3.05, 3.63) is 0 Å². The maximum absolute atomic E-state index is 10.5. The lowest BCUT2D eigenvalue weighted by Gasteiger charge is -1.98. The van der Waals surface area contributed by atoms with Crippen molar-refractivity contribution in [3.8, 4) is 0 Å². The van der Waals surface area contributed by atoms with Gasteiger partial charge in [0.05, 0.1) is 5.75 Å². The third-order valence-electron chi connectivity index (χ3n) is 2.75. The van der Waals surface area contributed by atoms with Gasteiger partial charge in [0.15, 0.2) is 0 Å². The molecule has 0 saturated carbocycles. The first-order valence-corrected chi connectivity index (χ1v) is 7.74. The van der Waals surface area contributed by atoms with Crippen molar-refractivity contribution in [2.75, 3.05) is 25.5 Å². The van der Waals surface area contributed by atoms with Crippen LogP contribution in [0.3, 0.4) is 0 Å². The molecule has 1 aliphatic heterocycles. The first-order valence-electron chi connectivity index (χ1n) is 6.13. The maximum atomic E-state index is 10.5. The van der Waals surface area contributed by atoms with E-state index in [0.717, 1.165) is 26.2 Å². The van der Waals surface area contributed by atoms with E-state index in [9.17, 15) is 8.42 Å². The maximum Gasteiger partial charge on any atom is 0.334 e. The molecule has 1 heterocycles. The second kappa shape index (κ2) is 6.86. The monoisotopic (exact) mass is 262 g/mol. The number of unbranched alkanes of at least 4 members (excludes halogenated alkanes) is 2. The Kier molecular flexibility index (Phi) is 5.77. The molecule has 0 aromatic rings. The first kappa shape index (κ1) is 14.3. The van der Waals surface area contributed by atoms with Crippen LogP contribution in [0.15, 0.2) is 0 Å². The Labute approximate surface area is 103 Å². The molecular weight excluding hydrogens is 240 g/mol. The molecule has 0 aliphatic carbocycles. The van der Waals surface area contributed by atoms with Gasteiger partial charge >= 0.3 is 6.67 Å². The van der Waals surface area contributed by atoms with Crippen LogP contribution < -0.4 is 0 Å². The van der Waals surface area contributed by atoms with Crippen LogP contribution in [0.1, 0.15) is 32.6 Å². The summed E-state index contributed by atoms with van der Waals surface area (Å²) >= 11 is 0. The van der Waals surface area contributed by atoms with Crippen LogP contribution in [-0.2, 0) is 10.1 Å². The fourth-order valence-electron chi connectivity index (χ4n) is 1.77. The van der Waals surface area contributed by atoms with Gasteiger partial charge in [0.25, 0.3) is 10.1 Å². The summed E-state index contributed by atoms with van der Waals surface area (Å²) in [5.74, 6) is -0.135. The summed E-state index contributed by atoms with van der Waals surface area (Å²) in [6, 6.07) is 0. The molecule has 0 saturated heterocycles. The zero-order chi connectivity index (χ0) is 12.7. The highest BCUT2D eigenvalue weighted by molar-refractivity contribution is 7.85. The lowest BCUT2D eigenvalue weighted by Crippen LogP contribution is -2.21. The SMILES string of the molecule is CCCC[N+]1=CC=[N+](CCCCS(=O)(=O)O)C1. The Morgan fingerprint density at radius 2 is 1.71 bits per heavy atom. The van der Waals surface area contributed by atoms with Gasteiger partial charge in [-0.2, -0.15) is 17.6 Å². The van der Waals surface area contributed by atoms with E-state index in [1.807, 2.05) is 6.21 Å². The minimum atomic E-state index is -3.79. The highest BCUT2D eigenvalue weighted by Gasteiger charge is 2.18. The molecule has 0 bridgehead atoms. The Bertz CT molecular complexity index is 399. The Hall–Kier alpha value is -0.750. The molecule has 6 heteroatoms. The topological polar surface area (TPSA) is 60.4 Å². The van der Waals surface area contributed by atoms with Crippen molar-refractivity contribution in [1.29, 1.82) is 0 Å². The molecule has 5 nitrogen and oxygen atoms in total. The van der Waals surface area contributed by atoms with Gasteiger partial charge < -0.3 is 0 Å². The molecule has 0 fully saturated rings. The van der Waals surface area contributed by atoms with E-state index >= 15 is 0 Å². The Balaban J connectivity index is 2.12. The molecule has 1 rings (SSSR count). The number of hydrogen-bond donors (Lipinski definition) is 1. The van der Waals surface area contributed by atoms with Gasteiger partial charge in [0.1, 0.15) is 13.1 Å². The van der Waals surface area contributed by atoms with Crippen LogP contribution in [0.2, 0.25) is 0 Å². The van der Waals surface area contributed by atoms with E-state index in [2.05, 4.69) is 22.3 Å². The molecule has 0 aromatic carbocycles. The quantitative estimate of drug-likeness (QED) is 0.396. The van der Waals surface area contributed by atoms with Gasteiger partial charge in [-0.25, -0.2) is 0 Å². The van der Waals surface area contributed by atoms with Gasteiger partial charge in [-0.3, -0.25) is 4.55 Å². The molecule has 1 aliphatic rings. The van der Waals surface area contributed by atoms with E-state index in [4.69, 9.17) is 4.55 Å². The number of nitrogens with zero attached hydrogens (tertiary/aromatic N) is 2. The average molecular weight is 262 g/mol. The van der Waals surface area contributed by atoms with Crippen LogP contribution in [0, 0.1) is 0 Å². The fourth-order valence-corrected chi connectivity index (χ4v) is 2.34. The van der Waals surface area contributed by atoms with Crippen molar-refractivity contribution in [2.24, 2.45) is 0 Å².